The quantitative estimate of drug-likeness (QED) is 0.872. The van der Waals surface area contributed by atoms with Gasteiger partial charge in [-0.3, -0.25) is 9.59 Å². The number of benzene rings is 2. The lowest BCUT2D eigenvalue weighted by Gasteiger charge is -2.31. The van der Waals surface area contributed by atoms with E-state index in [1.54, 1.807) is 0 Å². The number of likely N-dealkylation sites (tertiary alicyclic amines) is 1. The molecule has 1 N–H and O–H groups in total. The van der Waals surface area contributed by atoms with Gasteiger partial charge in [-0.15, -0.1) is 0 Å². The maximum Gasteiger partial charge on any atom is 0.227 e. The molecular formula is C23H28N2O2. The molecule has 2 aromatic carbocycles. The van der Waals surface area contributed by atoms with Crippen LogP contribution in [-0.4, -0.2) is 29.8 Å². The summed E-state index contributed by atoms with van der Waals surface area (Å²) in [6.07, 6.45) is 2.77. The van der Waals surface area contributed by atoms with Crippen LogP contribution >= 0.6 is 0 Å². The Hall–Kier alpha value is -2.62. The van der Waals surface area contributed by atoms with Crippen molar-refractivity contribution < 1.29 is 9.59 Å². The Morgan fingerprint density at radius 2 is 1.81 bits per heavy atom. The molecule has 0 unspecified atom stereocenters. The maximum absolute atomic E-state index is 12.6. The summed E-state index contributed by atoms with van der Waals surface area (Å²) in [5, 5.41) is 3.08. The summed E-state index contributed by atoms with van der Waals surface area (Å²) in [5.74, 6) is 0.190. The zero-order chi connectivity index (χ0) is 19.2. The van der Waals surface area contributed by atoms with E-state index in [0.29, 0.717) is 19.5 Å². The topological polar surface area (TPSA) is 49.4 Å². The van der Waals surface area contributed by atoms with Gasteiger partial charge in [-0.25, -0.2) is 0 Å². The molecular weight excluding hydrogens is 336 g/mol. The fourth-order valence-electron chi connectivity index (χ4n) is 3.68. The molecule has 1 saturated heterocycles. The summed E-state index contributed by atoms with van der Waals surface area (Å²) in [7, 11) is 0. The van der Waals surface area contributed by atoms with Gasteiger partial charge in [0.25, 0.3) is 0 Å². The number of aryl methyl sites for hydroxylation is 2. The molecule has 0 bridgehead atoms. The van der Waals surface area contributed by atoms with Crippen molar-refractivity contribution in [3.8, 4) is 0 Å². The van der Waals surface area contributed by atoms with Crippen molar-refractivity contribution in [2.45, 2.75) is 39.5 Å². The average Bonchev–Trinajstić information content (AvgIpc) is 2.68. The van der Waals surface area contributed by atoms with E-state index in [1.165, 1.54) is 5.56 Å². The molecule has 1 fully saturated rings. The Balaban J connectivity index is 1.52. The largest absolute Gasteiger partial charge is 0.342 e. The summed E-state index contributed by atoms with van der Waals surface area (Å²) < 4.78 is 0. The first kappa shape index (κ1) is 19.2. The number of carbonyl (C=O) groups is 2. The van der Waals surface area contributed by atoms with Crippen molar-refractivity contribution in [3.05, 3.63) is 65.2 Å². The molecule has 4 heteroatoms. The zero-order valence-electron chi connectivity index (χ0n) is 16.2. The number of nitrogens with zero attached hydrogens (tertiary/aromatic N) is 1. The second-order valence-electron chi connectivity index (χ2n) is 7.32. The number of piperidine rings is 1. The third-order valence-electron chi connectivity index (χ3n) is 5.31. The van der Waals surface area contributed by atoms with Gasteiger partial charge < -0.3 is 10.2 Å². The number of rotatable bonds is 5. The Morgan fingerprint density at radius 1 is 1.07 bits per heavy atom. The first-order chi connectivity index (χ1) is 13.1. The molecule has 0 saturated carbocycles. The summed E-state index contributed by atoms with van der Waals surface area (Å²) >= 11 is 0. The molecule has 2 aromatic rings. The second kappa shape index (κ2) is 8.85. The van der Waals surface area contributed by atoms with Crippen molar-refractivity contribution in [2.75, 3.05) is 18.4 Å². The molecule has 4 nitrogen and oxygen atoms in total. The third kappa shape index (κ3) is 4.97. The molecule has 0 atom stereocenters. The molecule has 27 heavy (non-hydrogen) atoms. The van der Waals surface area contributed by atoms with Crippen LogP contribution in [0.1, 0.15) is 36.5 Å². The first-order valence-electron chi connectivity index (χ1n) is 9.79. The second-order valence-corrected chi connectivity index (χ2v) is 7.32. The minimum atomic E-state index is -0.0297. The van der Waals surface area contributed by atoms with E-state index in [0.717, 1.165) is 36.1 Å². The van der Waals surface area contributed by atoms with Crippen LogP contribution in [0.25, 0.3) is 0 Å². The van der Waals surface area contributed by atoms with Gasteiger partial charge in [0.1, 0.15) is 0 Å². The van der Waals surface area contributed by atoms with Crippen molar-refractivity contribution in [2.24, 2.45) is 5.92 Å². The summed E-state index contributed by atoms with van der Waals surface area (Å²) in [6.45, 7) is 5.43. The molecule has 142 valence electrons. The maximum atomic E-state index is 12.6. The summed E-state index contributed by atoms with van der Waals surface area (Å²) in [4.78, 5) is 27.1. The lowest BCUT2D eigenvalue weighted by molar-refractivity contribution is -0.133. The van der Waals surface area contributed by atoms with E-state index >= 15 is 0 Å². The highest BCUT2D eigenvalue weighted by atomic mass is 16.2. The predicted molar refractivity (Wildman–Crippen MR) is 109 cm³/mol. The Labute approximate surface area is 161 Å². The lowest BCUT2D eigenvalue weighted by Crippen LogP contribution is -2.42. The fourth-order valence-corrected chi connectivity index (χ4v) is 3.68. The molecule has 0 aliphatic carbocycles. The number of para-hydroxylation sites is 1. The van der Waals surface area contributed by atoms with Gasteiger partial charge >= 0.3 is 0 Å². The standard InChI is InChI=1S/C23H28N2O2/c1-3-19-9-4-5-10-21(19)24-23(27)20-11-13-25(14-12-20)22(26)16-18-8-6-7-17(2)15-18/h4-10,15,20H,3,11-14,16H2,1-2H3,(H,24,27). The molecule has 0 spiro atoms. The highest BCUT2D eigenvalue weighted by molar-refractivity contribution is 5.93. The summed E-state index contributed by atoms with van der Waals surface area (Å²) in [6, 6.07) is 16.0. The van der Waals surface area contributed by atoms with Crippen LogP contribution in [0.2, 0.25) is 0 Å². The van der Waals surface area contributed by atoms with E-state index in [1.807, 2.05) is 54.3 Å². The third-order valence-corrected chi connectivity index (χ3v) is 5.31. The van der Waals surface area contributed by atoms with Gasteiger partial charge in [0.2, 0.25) is 11.8 Å². The average molecular weight is 364 g/mol. The molecule has 0 aromatic heterocycles. The fraction of sp³-hybridized carbons (Fsp3) is 0.391. The van der Waals surface area contributed by atoms with Crippen LogP contribution in [0.5, 0.6) is 0 Å². The van der Waals surface area contributed by atoms with E-state index < -0.39 is 0 Å². The molecule has 1 heterocycles. The minimum Gasteiger partial charge on any atom is -0.342 e. The molecule has 1 aliphatic heterocycles. The Bertz CT molecular complexity index is 808. The van der Waals surface area contributed by atoms with Crippen molar-refractivity contribution in [3.63, 3.8) is 0 Å². The number of amides is 2. The number of nitrogens with one attached hydrogen (secondary N) is 1. The van der Waals surface area contributed by atoms with E-state index in [4.69, 9.17) is 0 Å². The predicted octanol–water partition coefficient (Wildman–Crippen LogP) is 3.98. The van der Waals surface area contributed by atoms with Gasteiger partial charge in [0.15, 0.2) is 0 Å². The van der Waals surface area contributed by atoms with Crippen LogP contribution < -0.4 is 5.32 Å². The van der Waals surface area contributed by atoms with Crippen molar-refractivity contribution in [1.82, 2.24) is 4.90 Å². The SMILES string of the molecule is CCc1ccccc1NC(=O)C1CCN(C(=O)Cc2cccc(C)c2)CC1. The van der Waals surface area contributed by atoms with Crippen LogP contribution in [0, 0.1) is 12.8 Å². The van der Waals surface area contributed by atoms with Gasteiger partial charge in [0.05, 0.1) is 6.42 Å². The lowest BCUT2D eigenvalue weighted by atomic mass is 9.95. The minimum absolute atomic E-state index is 0.0297. The Morgan fingerprint density at radius 3 is 2.52 bits per heavy atom. The zero-order valence-corrected chi connectivity index (χ0v) is 16.2. The molecule has 1 aliphatic rings. The monoisotopic (exact) mass is 364 g/mol. The van der Waals surface area contributed by atoms with E-state index in [-0.39, 0.29) is 17.7 Å². The highest BCUT2D eigenvalue weighted by Gasteiger charge is 2.27. The van der Waals surface area contributed by atoms with Crippen LogP contribution in [0.3, 0.4) is 0 Å². The molecule has 3 rings (SSSR count). The van der Waals surface area contributed by atoms with Crippen molar-refractivity contribution in [1.29, 1.82) is 0 Å². The smallest absolute Gasteiger partial charge is 0.227 e. The van der Waals surface area contributed by atoms with Gasteiger partial charge in [-0.1, -0.05) is 55.0 Å². The Kier molecular flexibility index (Phi) is 6.28. The van der Waals surface area contributed by atoms with Crippen LogP contribution in [0.4, 0.5) is 5.69 Å². The van der Waals surface area contributed by atoms with Gasteiger partial charge in [0, 0.05) is 24.7 Å². The van der Waals surface area contributed by atoms with Crippen molar-refractivity contribution >= 4 is 17.5 Å². The van der Waals surface area contributed by atoms with Gasteiger partial charge in [-0.05, 0) is 43.4 Å². The number of carbonyl (C=O) groups excluding carboxylic acids is 2. The number of hydrogen-bond acceptors (Lipinski definition) is 2. The van der Waals surface area contributed by atoms with E-state index in [2.05, 4.69) is 18.3 Å². The summed E-state index contributed by atoms with van der Waals surface area (Å²) in [5.41, 5.74) is 4.28. The van der Waals surface area contributed by atoms with Crippen LogP contribution in [-0.2, 0) is 22.4 Å². The number of anilines is 1. The normalized spacial score (nSPS) is 14.8. The number of hydrogen-bond donors (Lipinski definition) is 1. The first-order valence-corrected chi connectivity index (χ1v) is 9.79. The van der Waals surface area contributed by atoms with Crippen LogP contribution in [0.15, 0.2) is 48.5 Å². The molecule has 0 radical (unpaired) electrons. The highest BCUT2D eigenvalue weighted by Crippen LogP contribution is 2.22. The van der Waals surface area contributed by atoms with E-state index in [9.17, 15) is 9.59 Å². The van der Waals surface area contributed by atoms with Gasteiger partial charge in [-0.2, -0.15) is 0 Å². The molecule has 2 amide bonds.